The number of allylic oxidation sites excluding steroid dienone is 1. The van der Waals surface area contributed by atoms with E-state index in [1.165, 1.54) is 0 Å². The van der Waals surface area contributed by atoms with Gasteiger partial charge < -0.3 is 13.9 Å². The van der Waals surface area contributed by atoms with E-state index >= 15 is 0 Å². The van der Waals surface area contributed by atoms with Gasteiger partial charge in [-0.15, -0.1) is 0 Å². The van der Waals surface area contributed by atoms with Gasteiger partial charge in [-0.05, 0) is 45.5 Å². The third-order valence-corrected chi connectivity index (χ3v) is 4.47. The third-order valence-electron chi connectivity index (χ3n) is 3.53. The molecule has 4 nitrogen and oxygen atoms in total. The van der Waals surface area contributed by atoms with Gasteiger partial charge in [-0.2, -0.15) is 0 Å². The van der Waals surface area contributed by atoms with E-state index in [1.807, 2.05) is 13.8 Å². The molecule has 0 N–H and O–H groups in total. The fourth-order valence-electron chi connectivity index (χ4n) is 2.73. The van der Waals surface area contributed by atoms with E-state index in [1.54, 1.807) is 0 Å². The van der Waals surface area contributed by atoms with Crippen LogP contribution >= 0.6 is 0 Å². The quantitative estimate of drug-likeness (QED) is 0.337. The van der Waals surface area contributed by atoms with Crippen LogP contribution in [0, 0.1) is 0 Å². The van der Waals surface area contributed by atoms with Gasteiger partial charge in [-0.3, -0.25) is 0 Å². The van der Waals surface area contributed by atoms with Gasteiger partial charge in [0.2, 0.25) is 5.60 Å². The minimum absolute atomic E-state index is 0.151. The van der Waals surface area contributed by atoms with Crippen LogP contribution in [0.25, 0.3) is 0 Å². The van der Waals surface area contributed by atoms with Crippen molar-refractivity contribution in [1.29, 1.82) is 0 Å². The maximum Gasteiger partial charge on any atom is 0.344 e. The molecule has 0 spiro atoms. The van der Waals surface area contributed by atoms with E-state index in [0.717, 1.165) is 12.0 Å². The second-order valence-electron chi connectivity index (χ2n) is 6.41. The Morgan fingerprint density at radius 3 is 2.53 bits per heavy atom. The fourth-order valence-corrected chi connectivity index (χ4v) is 3.79. The SMILES string of the molecule is CC/C=C(\C)C(O[Si](C)(C)C)[C@]12O[C@H]1[C@H](C)OC2=O. The number of carbonyl (C=O) groups excluding carboxylic acids is 1. The smallest absolute Gasteiger partial charge is 0.344 e. The molecule has 4 atom stereocenters. The molecule has 19 heavy (non-hydrogen) atoms. The lowest BCUT2D eigenvalue weighted by Gasteiger charge is -2.29. The van der Waals surface area contributed by atoms with Crippen LogP contribution in [0.5, 0.6) is 0 Å². The summed E-state index contributed by atoms with van der Waals surface area (Å²) in [6.07, 6.45) is 2.40. The van der Waals surface area contributed by atoms with Gasteiger partial charge in [0.15, 0.2) is 8.32 Å². The summed E-state index contributed by atoms with van der Waals surface area (Å²) in [5, 5.41) is 0. The Kier molecular flexibility index (Phi) is 3.66. The molecule has 5 heteroatoms. The van der Waals surface area contributed by atoms with Crippen molar-refractivity contribution in [3.63, 3.8) is 0 Å². The summed E-state index contributed by atoms with van der Waals surface area (Å²) < 4.78 is 17.3. The van der Waals surface area contributed by atoms with Crippen LogP contribution in [0.15, 0.2) is 11.6 Å². The van der Waals surface area contributed by atoms with E-state index in [4.69, 9.17) is 13.9 Å². The first-order chi connectivity index (χ1) is 8.72. The highest BCUT2D eigenvalue weighted by Crippen LogP contribution is 2.52. The van der Waals surface area contributed by atoms with Crippen molar-refractivity contribution in [2.75, 3.05) is 0 Å². The molecule has 2 aliphatic rings. The number of esters is 1. The van der Waals surface area contributed by atoms with Crippen LogP contribution in [-0.4, -0.2) is 38.2 Å². The second kappa shape index (κ2) is 4.72. The molecule has 0 aromatic heterocycles. The molecule has 0 aliphatic carbocycles. The van der Waals surface area contributed by atoms with E-state index in [9.17, 15) is 4.79 Å². The fraction of sp³-hybridized carbons (Fsp3) is 0.786. The van der Waals surface area contributed by atoms with Gasteiger partial charge in [-0.25, -0.2) is 4.79 Å². The van der Waals surface area contributed by atoms with Crippen molar-refractivity contribution in [2.24, 2.45) is 0 Å². The minimum Gasteiger partial charge on any atom is -0.457 e. The van der Waals surface area contributed by atoms with Crippen molar-refractivity contribution in [1.82, 2.24) is 0 Å². The maximum atomic E-state index is 12.1. The lowest BCUT2D eigenvalue weighted by Crippen LogP contribution is -2.46. The van der Waals surface area contributed by atoms with Crippen molar-refractivity contribution >= 4 is 14.3 Å². The molecule has 0 aromatic rings. The van der Waals surface area contributed by atoms with Crippen LogP contribution in [0.2, 0.25) is 19.6 Å². The molecule has 0 bridgehead atoms. The average Bonchev–Trinajstić information content (AvgIpc) is 2.96. The Bertz CT molecular complexity index is 412. The maximum absolute atomic E-state index is 12.1. The van der Waals surface area contributed by atoms with Gasteiger partial charge in [0.25, 0.3) is 0 Å². The highest BCUT2D eigenvalue weighted by Gasteiger charge is 2.76. The molecule has 0 saturated carbocycles. The van der Waals surface area contributed by atoms with Gasteiger partial charge >= 0.3 is 5.97 Å². The highest BCUT2D eigenvalue weighted by molar-refractivity contribution is 6.69. The van der Waals surface area contributed by atoms with Crippen LogP contribution in [0.3, 0.4) is 0 Å². The predicted molar refractivity (Wildman–Crippen MR) is 75.4 cm³/mol. The number of ether oxygens (including phenoxy) is 2. The Balaban J connectivity index is 2.29. The van der Waals surface area contributed by atoms with E-state index in [2.05, 4.69) is 32.6 Å². The molecule has 0 amide bonds. The minimum atomic E-state index is -1.78. The van der Waals surface area contributed by atoms with Crippen LogP contribution in [-0.2, 0) is 18.7 Å². The van der Waals surface area contributed by atoms with Crippen molar-refractivity contribution < 1.29 is 18.7 Å². The Labute approximate surface area is 116 Å². The normalized spacial score (nSPS) is 35.9. The topological polar surface area (TPSA) is 48.1 Å². The third kappa shape index (κ3) is 2.51. The molecule has 2 heterocycles. The number of hydrogen-bond acceptors (Lipinski definition) is 4. The summed E-state index contributed by atoms with van der Waals surface area (Å²) in [6, 6.07) is 0. The van der Waals surface area contributed by atoms with E-state index in [-0.39, 0.29) is 24.3 Å². The predicted octanol–water partition coefficient (Wildman–Crippen LogP) is 2.65. The Hall–Kier alpha value is -0.653. The summed E-state index contributed by atoms with van der Waals surface area (Å²) in [5.41, 5.74) is 0.189. The zero-order valence-electron chi connectivity index (χ0n) is 12.6. The number of fused-ring (bicyclic) bond motifs is 1. The van der Waals surface area contributed by atoms with Crippen molar-refractivity contribution in [3.05, 3.63) is 11.6 Å². The molecule has 1 unspecified atom stereocenters. The molecular formula is C14H24O4Si. The molecule has 0 radical (unpaired) electrons. The largest absolute Gasteiger partial charge is 0.457 e. The lowest BCUT2D eigenvalue weighted by atomic mass is 9.93. The monoisotopic (exact) mass is 284 g/mol. The molecule has 108 valence electrons. The number of rotatable bonds is 5. The molecule has 0 aromatic carbocycles. The Morgan fingerprint density at radius 1 is 1.53 bits per heavy atom. The highest BCUT2D eigenvalue weighted by atomic mass is 28.4. The summed E-state index contributed by atoms with van der Waals surface area (Å²) in [7, 11) is -1.78. The number of epoxide rings is 1. The summed E-state index contributed by atoms with van der Waals surface area (Å²) in [6.45, 7) is 12.3. The van der Waals surface area contributed by atoms with Crippen LogP contribution in [0.1, 0.15) is 27.2 Å². The van der Waals surface area contributed by atoms with Gasteiger partial charge in [0, 0.05) is 0 Å². The van der Waals surface area contributed by atoms with Crippen molar-refractivity contribution in [3.8, 4) is 0 Å². The van der Waals surface area contributed by atoms with E-state index < -0.39 is 13.9 Å². The number of cyclic esters (lactones) is 1. The molecule has 2 rings (SSSR count). The van der Waals surface area contributed by atoms with Crippen LogP contribution in [0.4, 0.5) is 0 Å². The van der Waals surface area contributed by atoms with E-state index in [0.29, 0.717) is 0 Å². The first kappa shape index (κ1) is 14.7. The zero-order valence-corrected chi connectivity index (χ0v) is 13.6. The molecule has 2 aliphatic heterocycles. The van der Waals surface area contributed by atoms with Gasteiger partial charge in [0.1, 0.15) is 18.3 Å². The van der Waals surface area contributed by atoms with Crippen molar-refractivity contribution in [2.45, 2.75) is 70.7 Å². The number of carbonyl (C=O) groups is 1. The zero-order chi connectivity index (χ0) is 14.4. The Morgan fingerprint density at radius 2 is 2.16 bits per heavy atom. The average molecular weight is 284 g/mol. The van der Waals surface area contributed by atoms with Crippen LogP contribution < -0.4 is 0 Å². The summed E-state index contributed by atoms with van der Waals surface area (Å²) >= 11 is 0. The summed E-state index contributed by atoms with van der Waals surface area (Å²) in [4.78, 5) is 12.1. The molecule has 2 fully saturated rings. The first-order valence-electron chi connectivity index (χ1n) is 6.95. The number of hydrogen-bond donors (Lipinski definition) is 0. The summed E-state index contributed by atoms with van der Waals surface area (Å²) in [5.74, 6) is -0.267. The van der Waals surface area contributed by atoms with Gasteiger partial charge in [-0.1, -0.05) is 13.0 Å². The first-order valence-corrected chi connectivity index (χ1v) is 10.4. The second-order valence-corrected chi connectivity index (χ2v) is 10.9. The molecular weight excluding hydrogens is 260 g/mol. The van der Waals surface area contributed by atoms with Gasteiger partial charge in [0.05, 0.1) is 0 Å². The lowest BCUT2D eigenvalue weighted by molar-refractivity contribution is -0.155. The molecule has 2 saturated heterocycles. The standard InChI is InChI=1S/C14H24O4Si/c1-7-8-9(2)11(18-19(4,5)6)14-12(17-14)10(3)16-13(14)15/h8,10-12H,7H2,1-6H3/b9-8+/t10-,11?,12-,14-/m0/s1.